The molecular weight excluding hydrogens is 863 g/mol. The molecule has 0 spiro atoms. The average molecular weight is 926 g/mol. The number of benzene rings is 3. The van der Waals surface area contributed by atoms with Crippen LogP contribution in [0.5, 0.6) is 0 Å². The van der Waals surface area contributed by atoms with E-state index in [4.69, 9.17) is 23.7 Å². The summed E-state index contributed by atoms with van der Waals surface area (Å²) in [5, 5.41) is 32.0. The molecule has 2 aliphatic rings. The Morgan fingerprint density at radius 3 is 2.06 bits per heavy atom. The van der Waals surface area contributed by atoms with Crippen molar-refractivity contribution >= 4 is 59.3 Å². The molecule has 0 saturated heterocycles. The summed E-state index contributed by atoms with van der Waals surface area (Å²) in [6.07, 6.45) is 7.63. The molecule has 17 heteroatoms. The Morgan fingerprint density at radius 2 is 1.39 bits per heavy atom. The Kier molecular flexibility index (Phi) is 19.5. The van der Waals surface area contributed by atoms with Crippen LogP contribution in [0.4, 0.5) is 17.1 Å². The number of nitrogens with one attached hydrogen (secondary N) is 2. The molecule has 354 valence electrons. The number of allylic oxidation sites excluding steroid dienone is 5. The lowest BCUT2D eigenvalue weighted by Crippen LogP contribution is -2.50. The van der Waals surface area contributed by atoms with E-state index in [9.17, 15) is 29.6 Å². The molecule has 16 nitrogen and oxygen atoms in total. The molecule has 2 N–H and O–H groups in total. The number of ketones is 1. The molecular formula is C49H63N5O11Si. The normalized spacial score (nSPS) is 13.7. The van der Waals surface area contributed by atoms with Crippen molar-refractivity contribution in [1.82, 2.24) is 5.32 Å². The number of amides is 1. The average Bonchev–Trinajstić information content (AvgIpc) is 3.29. The maximum atomic E-state index is 13.4. The highest BCUT2D eigenvalue weighted by Crippen LogP contribution is 2.43. The lowest BCUT2D eigenvalue weighted by Gasteiger charge is -2.38. The molecule has 1 aliphatic carbocycles. The third-order valence-corrected chi connectivity index (χ3v) is 14.8. The lowest BCUT2D eigenvalue weighted by atomic mass is 9.86. The monoisotopic (exact) mass is 925 g/mol. The number of ether oxygens (including phenoxy) is 5. The van der Waals surface area contributed by atoms with Crippen LogP contribution >= 0.6 is 0 Å². The highest BCUT2D eigenvalue weighted by Gasteiger charge is 2.41. The van der Waals surface area contributed by atoms with Gasteiger partial charge in [0.25, 0.3) is 11.6 Å². The summed E-state index contributed by atoms with van der Waals surface area (Å²) in [5.41, 5.74) is 6.02. The number of nitro groups is 1. The summed E-state index contributed by atoms with van der Waals surface area (Å²) in [6, 6.07) is 17.4. The van der Waals surface area contributed by atoms with Crippen LogP contribution in [0.1, 0.15) is 51.1 Å². The number of Topliss-reactive ketones (excluding diaryl/α,β-unsaturated/α-hetero) is 1. The Bertz CT molecular complexity index is 2340. The number of nitro benzene ring substituents is 1. The van der Waals surface area contributed by atoms with Gasteiger partial charge in [-0.2, -0.15) is 0 Å². The second-order valence-electron chi connectivity index (χ2n) is 16.7. The van der Waals surface area contributed by atoms with E-state index < -0.39 is 19.0 Å². The number of nitrogens with zero attached hydrogens (tertiary/aromatic N) is 3. The van der Waals surface area contributed by atoms with Gasteiger partial charge in [0.05, 0.1) is 70.4 Å². The molecule has 0 aromatic heterocycles. The van der Waals surface area contributed by atoms with Gasteiger partial charge in [0.15, 0.2) is 5.71 Å². The van der Waals surface area contributed by atoms with Crippen molar-refractivity contribution in [1.29, 1.82) is 0 Å². The second kappa shape index (κ2) is 25.2. The number of anilines is 2. The summed E-state index contributed by atoms with van der Waals surface area (Å²) in [5.74, 6) is -1.58. The van der Waals surface area contributed by atoms with Crippen LogP contribution < -0.4 is 25.8 Å². The fourth-order valence-electron chi connectivity index (χ4n) is 7.67. The largest absolute Gasteiger partial charge is 0.545 e. The first-order chi connectivity index (χ1) is 31.7. The zero-order chi connectivity index (χ0) is 47.6. The third-order valence-electron chi connectivity index (χ3n) is 11.3. The van der Waals surface area contributed by atoms with E-state index in [1.165, 1.54) is 28.6 Å². The third kappa shape index (κ3) is 14.1. The van der Waals surface area contributed by atoms with E-state index in [1.54, 1.807) is 24.3 Å². The summed E-state index contributed by atoms with van der Waals surface area (Å²) in [6.45, 7) is 8.76. The zero-order valence-electron chi connectivity index (χ0n) is 38.9. The van der Waals surface area contributed by atoms with E-state index in [0.29, 0.717) is 102 Å². The summed E-state index contributed by atoms with van der Waals surface area (Å²) in [4.78, 5) is 51.0. The minimum Gasteiger partial charge on any atom is -0.545 e. The lowest BCUT2D eigenvalue weighted by molar-refractivity contribution is -0.462. The summed E-state index contributed by atoms with van der Waals surface area (Å²) >= 11 is 0. The molecule has 0 saturated carbocycles. The maximum Gasteiger partial charge on any atom is 0.292 e. The number of para-hydroxylation sites is 2. The summed E-state index contributed by atoms with van der Waals surface area (Å²) < 4.78 is 29.8. The molecule has 1 aliphatic heterocycles. The Labute approximate surface area is 388 Å². The van der Waals surface area contributed by atoms with Crippen LogP contribution in [0.3, 0.4) is 0 Å². The molecule has 3 aromatic carbocycles. The molecule has 0 radical (unpaired) electrons. The summed E-state index contributed by atoms with van der Waals surface area (Å²) in [7, 11) is 5.73. The highest BCUT2D eigenvalue weighted by molar-refractivity contribution is 6.98. The van der Waals surface area contributed by atoms with Gasteiger partial charge in [-0.3, -0.25) is 19.7 Å². The van der Waals surface area contributed by atoms with Crippen molar-refractivity contribution in [2.75, 3.05) is 118 Å². The molecule has 0 bridgehead atoms. The van der Waals surface area contributed by atoms with E-state index in [0.717, 1.165) is 28.1 Å². The van der Waals surface area contributed by atoms with Crippen LogP contribution in [-0.4, -0.2) is 148 Å². The molecule has 1 heterocycles. The van der Waals surface area contributed by atoms with Gasteiger partial charge in [0.2, 0.25) is 0 Å². The van der Waals surface area contributed by atoms with Gasteiger partial charge in [0.1, 0.15) is 33.6 Å². The van der Waals surface area contributed by atoms with Crippen LogP contribution in [0.2, 0.25) is 13.1 Å². The predicted molar refractivity (Wildman–Crippen MR) is 256 cm³/mol. The van der Waals surface area contributed by atoms with Crippen molar-refractivity contribution in [2.45, 2.75) is 32.4 Å². The number of hydrogen-bond acceptors (Lipinski definition) is 13. The van der Waals surface area contributed by atoms with Crippen molar-refractivity contribution in [2.24, 2.45) is 0 Å². The SMILES string of the molecule is CN(C)c1ccc2c(c1)[Si](C)(C)C1=CC(=[N+](C)C)C=CC1=C2c1cc(C(=O)NCCOCCOCCOCCC(=O)CCCOCCOCCNc2ccccc2[N+](=O)[O-])ccc1C(=O)[O-]. The van der Waals surface area contributed by atoms with E-state index in [1.807, 2.05) is 40.3 Å². The minimum atomic E-state index is -2.28. The van der Waals surface area contributed by atoms with Gasteiger partial charge in [0, 0.05) is 81.7 Å². The first kappa shape index (κ1) is 51.2. The number of carbonyl (C=O) groups is 3. The first-order valence-electron chi connectivity index (χ1n) is 22.2. The van der Waals surface area contributed by atoms with Gasteiger partial charge < -0.3 is 49.1 Å². The van der Waals surface area contributed by atoms with Gasteiger partial charge >= 0.3 is 0 Å². The molecule has 1 amide bonds. The van der Waals surface area contributed by atoms with Gasteiger partial charge in [-0.05, 0) is 75.5 Å². The zero-order valence-corrected chi connectivity index (χ0v) is 39.9. The molecule has 0 unspecified atom stereocenters. The molecule has 0 atom stereocenters. The smallest absolute Gasteiger partial charge is 0.292 e. The van der Waals surface area contributed by atoms with Crippen molar-refractivity contribution < 1.29 is 52.7 Å². The van der Waals surface area contributed by atoms with Gasteiger partial charge in [-0.1, -0.05) is 37.4 Å². The minimum absolute atomic E-state index is 0.0118. The fraction of sp³-hybridized carbons (Fsp3) is 0.429. The number of hydrogen-bond donors (Lipinski definition) is 2. The van der Waals surface area contributed by atoms with E-state index in [2.05, 4.69) is 57.5 Å². The second-order valence-corrected chi connectivity index (χ2v) is 21.0. The first-order valence-corrected chi connectivity index (χ1v) is 25.2. The number of rotatable bonds is 28. The predicted octanol–water partition coefficient (Wildman–Crippen LogP) is 4.17. The number of fused-ring (bicyclic) bond motifs is 2. The molecule has 3 aromatic rings. The van der Waals surface area contributed by atoms with Gasteiger partial charge in [-0.25, -0.2) is 4.58 Å². The fourth-order valence-corrected chi connectivity index (χ4v) is 10.7. The Hall–Kier alpha value is -5.82. The topological polar surface area (TPSA) is 194 Å². The van der Waals surface area contributed by atoms with E-state index in [-0.39, 0.29) is 36.1 Å². The molecule has 0 fully saturated rings. The maximum absolute atomic E-state index is 13.4. The van der Waals surface area contributed by atoms with Crippen molar-refractivity contribution in [3.63, 3.8) is 0 Å². The molecule has 66 heavy (non-hydrogen) atoms. The van der Waals surface area contributed by atoms with Crippen LogP contribution in [0.25, 0.3) is 5.57 Å². The van der Waals surface area contributed by atoms with Crippen molar-refractivity contribution in [3.8, 4) is 0 Å². The van der Waals surface area contributed by atoms with E-state index >= 15 is 0 Å². The quantitative estimate of drug-likeness (QED) is 0.0347. The Morgan fingerprint density at radius 1 is 0.742 bits per heavy atom. The number of carboxylic acid groups (broad SMARTS) is 1. The number of carboxylic acids is 1. The number of aromatic carboxylic acids is 1. The van der Waals surface area contributed by atoms with Crippen LogP contribution in [-0.2, 0) is 28.5 Å². The standard InChI is InChI=1S/C49H63N5O11Si/c1-52(2)36-14-17-40-45(33-36)66(5,6)46-34-37(53(3)4)15-18-41(46)47(40)42-32-35(13-16-39(42)49(57)58)48(56)51-21-25-64-29-31-65-30-27-62-23-19-38(55)10-9-22-61-26-28-63-24-20-50-43-11-7-8-12-44(43)54(59)60/h7-8,11-18,32-34,50H,9-10,19-31H2,1-6H3,(H-,51,56,57,58). The highest BCUT2D eigenvalue weighted by atomic mass is 28.3. The Balaban J connectivity index is 0.965. The van der Waals surface area contributed by atoms with Crippen LogP contribution in [0.15, 0.2) is 89.7 Å². The molecule has 5 rings (SSSR count). The number of carbonyl (C=O) groups excluding carboxylic acids is 3. The van der Waals surface area contributed by atoms with Crippen LogP contribution in [0, 0.1) is 10.1 Å². The van der Waals surface area contributed by atoms with Crippen molar-refractivity contribution in [3.05, 3.63) is 122 Å². The van der Waals surface area contributed by atoms with Gasteiger partial charge in [-0.15, -0.1) is 0 Å².